The molecule has 20 heavy (non-hydrogen) atoms. The van der Waals surface area contributed by atoms with E-state index in [4.69, 9.17) is 10.5 Å². The van der Waals surface area contributed by atoms with Gasteiger partial charge in [-0.3, -0.25) is 0 Å². The van der Waals surface area contributed by atoms with Gasteiger partial charge in [-0.1, -0.05) is 0 Å². The lowest BCUT2D eigenvalue weighted by molar-refractivity contribution is 0.297. The Morgan fingerprint density at radius 2 is 1.75 bits per heavy atom. The molecule has 106 valence electrons. The molecular weight excluding hydrogens is 267 g/mol. The van der Waals surface area contributed by atoms with Crippen LogP contribution >= 0.6 is 0 Å². The maximum absolute atomic E-state index is 13.4. The molecule has 2 aromatic carbocycles. The van der Waals surface area contributed by atoms with E-state index in [0.717, 1.165) is 12.1 Å². The minimum Gasteiger partial charge on any atom is -0.489 e. The normalized spacial score (nSPS) is 10.6. The Bertz CT molecular complexity index is 602. The van der Waals surface area contributed by atoms with Crippen molar-refractivity contribution in [2.24, 2.45) is 5.73 Å². The third-order valence-corrected chi connectivity index (χ3v) is 2.77. The van der Waals surface area contributed by atoms with Gasteiger partial charge in [-0.05, 0) is 42.8 Å². The number of nitrogens with two attached hydrogens (primary N) is 1. The first-order valence-electron chi connectivity index (χ1n) is 6.15. The predicted octanol–water partition coefficient (Wildman–Crippen LogP) is 3.18. The first-order valence-corrected chi connectivity index (χ1v) is 6.15. The third-order valence-electron chi connectivity index (χ3n) is 2.77. The Kier molecular flexibility index (Phi) is 4.63. The molecular formula is C15H14F3NO. The van der Waals surface area contributed by atoms with Crippen molar-refractivity contribution in [3.8, 4) is 5.75 Å². The van der Waals surface area contributed by atoms with Gasteiger partial charge in [-0.2, -0.15) is 0 Å². The summed E-state index contributed by atoms with van der Waals surface area (Å²) in [5.74, 6) is -1.49. The molecule has 0 unspecified atom stereocenters. The van der Waals surface area contributed by atoms with E-state index in [2.05, 4.69) is 0 Å². The van der Waals surface area contributed by atoms with Crippen LogP contribution in [0.4, 0.5) is 13.2 Å². The molecule has 2 aromatic rings. The summed E-state index contributed by atoms with van der Waals surface area (Å²) in [6, 6.07) is 7.46. The molecule has 0 heterocycles. The van der Waals surface area contributed by atoms with E-state index >= 15 is 0 Å². The second kappa shape index (κ2) is 6.43. The number of halogens is 3. The zero-order valence-corrected chi connectivity index (χ0v) is 10.7. The van der Waals surface area contributed by atoms with E-state index in [1.165, 1.54) is 18.2 Å². The van der Waals surface area contributed by atoms with Crippen molar-refractivity contribution in [1.82, 2.24) is 0 Å². The van der Waals surface area contributed by atoms with Gasteiger partial charge in [0.1, 0.15) is 29.8 Å². The third kappa shape index (κ3) is 3.74. The Morgan fingerprint density at radius 3 is 2.45 bits per heavy atom. The van der Waals surface area contributed by atoms with Crippen molar-refractivity contribution < 1.29 is 17.9 Å². The van der Waals surface area contributed by atoms with Crippen LogP contribution in [0.3, 0.4) is 0 Å². The Labute approximate surface area is 115 Å². The SMILES string of the molecule is NCCc1cc(F)cc(OCc2ccc(F)cc2F)c1. The highest BCUT2D eigenvalue weighted by Crippen LogP contribution is 2.19. The molecule has 5 heteroatoms. The van der Waals surface area contributed by atoms with Crippen molar-refractivity contribution in [1.29, 1.82) is 0 Å². The van der Waals surface area contributed by atoms with Crippen LogP contribution in [-0.4, -0.2) is 6.54 Å². The number of benzene rings is 2. The van der Waals surface area contributed by atoms with Gasteiger partial charge < -0.3 is 10.5 Å². The molecule has 0 aliphatic heterocycles. The van der Waals surface area contributed by atoms with Crippen LogP contribution in [0.15, 0.2) is 36.4 Å². The summed E-state index contributed by atoms with van der Waals surface area (Å²) >= 11 is 0. The summed E-state index contributed by atoms with van der Waals surface area (Å²) in [4.78, 5) is 0. The number of hydrogen-bond acceptors (Lipinski definition) is 2. The van der Waals surface area contributed by atoms with Crippen LogP contribution in [0.1, 0.15) is 11.1 Å². The van der Waals surface area contributed by atoms with Gasteiger partial charge in [0.2, 0.25) is 0 Å². The molecule has 0 spiro atoms. The van der Waals surface area contributed by atoms with Gasteiger partial charge in [0, 0.05) is 17.7 Å². The summed E-state index contributed by atoms with van der Waals surface area (Å²) in [6.45, 7) is 0.299. The summed E-state index contributed by atoms with van der Waals surface area (Å²) < 4.78 is 44.9. The van der Waals surface area contributed by atoms with Gasteiger partial charge in [0.05, 0.1) is 0 Å². The van der Waals surface area contributed by atoms with Crippen LogP contribution in [-0.2, 0) is 13.0 Å². The second-order valence-corrected chi connectivity index (χ2v) is 4.36. The molecule has 0 radical (unpaired) electrons. The minimum absolute atomic E-state index is 0.0996. The van der Waals surface area contributed by atoms with E-state index in [1.54, 1.807) is 6.07 Å². The monoisotopic (exact) mass is 281 g/mol. The minimum atomic E-state index is -0.691. The zero-order valence-electron chi connectivity index (χ0n) is 10.7. The number of ether oxygens (including phenoxy) is 1. The lowest BCUT2D eigenvalue weighted by atomic mass is 10.1. The average Bonchev–Trinajstić information content (AvgIpc) is 2.37. The van der Waals surface area contributed by atoms with Gasteiger partial charge in [0.15, 0.2) is 0 Å². The van der Waals surface area contributed by atoms with Crippen molar-refractivity contribution in [3.05, 3.63) is 65.0 Å². The average molecular weight is 281 g/mol. The standard InChI is InChI=1S/C15H14F3NO/c16-12-2-1-11(15(18)8-12)9-20-14-6-10(3-4-19)5-13(17)7-14/h1-2,5-8H,3-4,9,19H2. The van der Waals surface area contributed by atoms with E-state index in [9.17, 15) is 13.2 Å². The fourth-order valence-corrected chi connectivity index (χ4v) is 1.81. The smallest absolute Gasteiger partial charge is 0.132 e. The molecule has 0 bridgehead atoms. The molecule has 0 aliphatic carbocycles. The predicted molar refractivity (Wildman–Crippen MR) is 69.8 cm³/mol. The van der Waals surface area contributed by atoms with E-state index in [0.29, 0.717) is 18.5 Å². The quantitative estimate of drug-likeness (QED) is 0.913. The van der Waals surface area contributed by atoms with Crippen LogP contribution in [0.25, 0.3) is 0 Å². The van der Waals surface area contributed by atoms with Gasteiger partial charge in [0.25, 0.3) is 0 Å². The lowest BCUT2D eigenvalue weighted by Crippen LogP contribution is -2.04. The summed E-state index contributed by atoms with van der Waals surface area (Å²) in [5, 5.41) is 0. The highest BCUT2D eigenvalue weighted by molar-refractivity contribution is 5.30. The largest absolute Gasteiger partial charge is 0.489 e. The Hall–Kier alpha value is -2.01. The van der Waals surface area contributed by atoms with Crippen molar-refractivity contribution in [2.45, 2.75) is 13.0 Å². The van der Waals surface area contributed by atoms with Crippen LogP contribution in [0, 0.1) is 17.5 Å². The maximum Gasteiger partial charge on any atom is 0.132 e. The topological polar surface area (TPSA) is 35.2 Å². The van der Waals surface area contributed by atoms with Crippen LogP contribution in [0.2, 0.25) is 0 Å². The zero-order chi connectivity index (χ0) is 14.5. The maximum atomic E-state index is 13.4. The highest BCUT2D eigenvalue weighted by atomic mass is 19.1. The molecule has 2 nitrogen and oxygen atoms in total. The fraction of sp³-hybridized carbons (Fsp3) is 0.200. The van der Waals surface area contributed by atoms with Crippen molar-refractivity contribution in [3.63, 3.8) is 0 Å². The van der Waals surface area contributed by atoms with E-state index < -0.39 is 17.5 Å². The van der Waals surface area contributed by atoms with E-state index in [-0.39, 0.29) is 17.9 Å². The molecule has 2 N–H and O–H groups in total. The van der Waals surface area contributed by atoms with Crippen molar-refractivity contribution >= 4 is 0 Å². The highest BCUT2D eigenvalue weighted by Gasteiger charge is 2.06. The Balaban J connectivity index is 2.10. The van der Waals surface area contributed by atoms with Gasteiger partial charge in [-0.15, -0.1) is 0 Å². The molecule has 0 saturated heterocycles. The summed E-state index contributed by atoms with van der Waals surface area (Å²) in [6.07, 6.45) is 0.527. The molecule has 0 atom stereocenters. The van der Waals surface area contributed by atoms with Gasteiger partial charge in [-0.25, -0.2) is 13.2 Å². The van der Waals surface area contributed by atoms with Crippen molar-refractivity contribution in [2.75, 3.05) is 6.54 Å². The number of rotatable bonds is 5. The Morgan fingerprint density at radius 1 is 0.950 bits per heavy atom. The molecule has 0 aliphatic rings. The second-order valence-electron chi connectivity index (χ2n) is 4.36. The molecule has 2 rings (SSSR count). The molecule has 0 fully saturated rings. The van der Waals surface area contributed by atoms with Crippen LogP contribution < -0.4 is 10.5 Å². The fourth-order valence-electron chi connectivity index (χ4n) is 1.81. The first-order chi connectivity index (χ1) is 9.58. The number of hydrogen-bond donors (Lipinski definition) is 1. The first kappa shape index (κ1) is 14.4. The summed E-state index contributed by atoms with van der Waals surface area (Å²) in [5.41, 5.74) is 6.33. The lowest BCUT2D eigenvalue weighted by Gasteiger charge is -2.09. The summed E-state index contributed by atoms with van der Waals surface area (Å²) in [7, 11) is 0. The molecule has 0 amide bonds. The molecule has 0 aromatic heterocycles. The molecule has 0 saturated carbocycles. The van der Waals surface area contributed by atoms with Crippen LogP contribution in [0.5, 0.6) is 5.75 Å². The van der Waals surface area contributed by atoms with Gasteiger partial charge >= 0.3 is 0 Å². The van der Waals surface area contributed by atoms with E-state index in [1.807, 2.05) is 0 Å².